The Kier molecular flexibility index (Phi) is 7.16. The molecule has 0 amide bonds. The summed E-state index contributed by atoms with van der Waals surface area (Å²) in [4.78, 5) is 11.2. The predicted octanol–water partition coefficient (Wildman–Crippen LogP) is 4.16. The molecule has 0 aromatic heterocycles. The maximum absolute atomic E-state index is 11.2. The molecule has 96 valence electrons. The molecular weight excluding hydrogens is 216 g/mol. The van der Waals surface area contributed by atoms with E-state index in [0.29, 0.717) is 0 Å². The summed E-state index contributed by atoms with van der Waals surface area (Å²) in [6.45, 7) is 10.7. The third-order valence-electron chi connectivity index (χ3n) is 2.92. The molecule has 0 rings (SSSR count). The van der Waals surface area contributed by atoms with Crippen LogP contribution >= 0.6 is 0 Å². The number of rotatable bonds is 9. The van der Waals surface area contributed by atoms with Gasteiger partial charge < -0.3 is 9.22 Å². The first-order valence-corrected chi connectivity index (χ1v) is 9.67. The molecular formula is C13H28O2Si. The Labute approximate surface area is 102 Å². The van der Waals surface area contributed by atoms with Crippen molar-refractivity contribution >= 4 is 14.6 Å². The van der Waals surface area contributed by atoms with Crippen LogP contribution in [0, 0.1) is 0 Å². The van der Waals surface area contributed by atoms with Crippen LogP contribution in [0.25, 0.3) is 0 Å². The van der Waals surface area contributed by atoms with E-state index in [9.17, 15) is 4.79 Å². The largest absolute Gasteiger partial charge is 0.405 e. The van der Waals surface area contributed by atoms with E-state index in [-0.39, 0.29) is 0 Å². The molecule has 0 aromatic rings. The van der Waals surface area contributed by atoms with Crippen molar-refractivity contribution in [3.63, 3.8) is 0 Å². The van der Waals surface area contributed by atoms with Crippen LogP contribution in [0.5, 0.6) is 0 Å². The standard InChI is InChI=1S/C13H28O2Si/c1-6-8-10-13(3,12-14)15-16(4,5)11-9-7-2/h12H,6-11H2,1-5H3. The average molecular weight is 244 g/mol. The fourth-order valence-electron chi connectivity index (χ4n) is 1.95. The van der Waals surface area contributed by atoms with Crippen molar-refractivity contribution in [1.29, 1.82) is 0 Å². The van der Waals surface area contributed by atoms with E-state index < -0.39 is 13.9 Å². The summed E-state index contributed by atoms with van der Waals surface area (Å²) >= 11 is 0. The molecule has 2 nitrogen and oxygen atoms in total. The Morgan fingerprint density at radius 1 is 1.19 bits per heavy atom. The van der Waals surface area contributed by atoms with E-state index in [4.69, 9.17) is 4.43 Å². The lowest BCUT2D eigenvalue weighted by molar-refractivity contribution is -0.121. The summed E-state index contributed by atoms with van der Waals surface area (Å²) in [7, 11) is -1.66. The molecule has 0 aromatic carbocycles. The Balaban J connectivity index is 4.32. The van der Waals surface area contributed by atoms with E-state index in [1.54, 1.807) is 0 Å². The minimum absolute atomic E-state index is 0.542. The average Bonchev–Trinajstić information content (AvgIpc) is 2.23. The summed E-state index contributed by atoms with van der Waals surface area (Å²) in [5.74, 6) is 0. The first-order valence-electron chi connectivity index (χ1n) is 6.55. The van der Waals surface area contributed by atoms with Gasteiger partial charge in [-0.05, 0) is 32.5 Å². The molecule has 0 heterocycles. The molecule has 0 saturated heterocycles. The van der Waals surface area contributed by atoms with E-state index in [2.05, 4.69) is 26.9 Å². The highest BCUT2D eigenvalue weighted by atomic mass is 28.4. The lowest BCUT2D eigenvalue weighted by atomic mass is 10.0. The quantitative estimate of drug-likeness (QED) is 0.450. The van der Waals surface area contributed by atoms with Crippen LogP contribution < -0.4 is 0 Å². The second kappa shape index (κ2) is 7.23. The van der Waals surface area contributed by atoms with Gasteiger partial charge in [0.25, 0.3) is 0 Å². The van der Waals surface area contributed by atoms with Gasteiger partial charge in [0.05, 0.1) is 0 Å². The van der Waals surface area contributed by atoms with Crippen molar-refractivity contribution < 1.29 is 9.22 Å². The van der Waals surface area contributed by atoms with Crippen molar-refractivity contribution in [3.05, 3.63) is 0 Å². The lowest BCUT2D eigenvalue weighted by Gasteiger charge is -2.34. The van der Waals surface area contributed by atoms with Gasteiger partial charge >= 0.3 is 0 Å². The molecule has 1 atom stereocenters. The number of hydrogen-bond donors (Lipinski definition) is 0. The molecule has 0 spiro atoms. The highest BCUT2D eigenvalue weighted by Crippen LogP contribution is 2.25. The minimum atomic E-state index is -1.66. The van der Waals surface area contributed by atoms with Crippen LogP contribution in [-0.4, -0.2) is 20.2 Å². The van der Waals surface area contributed by atoms with Gasteiger partial charge in [-0.1, -0.05) is 39.5 Å². The molecule has 0 aliphatic rings. The number of aldehydes is 1. The summed E-state index contributed by atoms with van der Waals surface area (Å²) in [5, 5.41) is 0. The topological polar surface area (TPSA) is 26.3 Å². The SMILES string of the molecule is CCCCC(C)(C=O)O[Si](C)(C)CCCC. The maximum atomic E-state index is 11.2. The summed E-state index contributed by atoms with van der Waals surface area (Å²) < 4.78 is 6.15. The Hall–Kier alpha value is -0.153. The fourth-order valence-corrected chi connectivity index (χ4v) is 4.67. The zero-order valence-electron chi connectivity index (χ0n) is 11.6. The molecule has 3 heteroatoms. The third-order valence-corrected chi connectivity index (χ3v) is 5.49. The Morgan fingerprint density at radius 2 is 1.75 bits per heavy atom. The number of carbonyl (C=O) groups excluding carboxylic acids is 1. The van der Waals surface area contributed by atoms with Crippen LogP contribution in [0.15, 0.2) is 0 Å². The summed E-state index contributed by atoms with van der Waals surface area (Å²) in [6, 6.07) is 1.15. The summed E-state index contributed by atoms with van der Waals surface area (Å²) in [6.07, 6.45) is 6.45. The molecule has 16 heavy (non-hydrogen) atoms. The van der Waals surface area contributed by atoms with Gasteiger partial charge in [0.1, 0.15) is 11.9 Å². The van der Waals surface area contributed by atoms with Crippen molar-refractivity contribution in [2.45, 2.75) is 77.6 Å². The highest BCUT2D eigenvalue weighted by molar-refractivity contribution is 6.71. The molecule has 0 saturated carbocycles. The van der Waals surface area contributed by atoms with E-state index in [1.165, 1.54) is 12.8 Å². The second-order valence-electron chi connectivity index (χ2n) is 5.50. The molecule has 0 N–H and O–H groups in total. The molecule has 0 bridgehead atoms. The van der Waals surface area contributed by atoms with E-state index in [0.717, 1.165) is 31.6 Å². The first-order chi connectivity index (χ1) is 7.39. The number of unbranched alkanes of at least 4 members (excludes halogenated alkanes) is 2. The third kappa shape index (κ3) is 6.43. The Morgan fingerprint density at radius 3 is 2.19 bits per heavy atom. The van der Waals surface area contributed by atoms with E-state index in [1.807, 2.05) is 6.92 Å². The van der Waals surface area contributed by atoms with Gasteiger partial charge in [-0.15, -0.1) is 0 Å². The van der Waals surface area contributed by atoms with Gasteiger partial charge in [0.2, 0.25) is 0 Å². The first kappa shape index (κ1) is 15.8. The van der Waals surface area contributed by atoms with Crippen molar-refractivity contribution in [2.24, 2.45) is 0 Å². The van der Waals surface area contributed by atoms with E-state index >= 15 is 0 Å². The summed E-state index contributed by atoms with van der Waals surface area (Å²) in [5.41, 5.74) is -0.542. The molecule has 0 aliphatic heterocycles. The molecule has 0 aliphatic carbocycles. The zero-order valence-corrected chi connectivity index (χ0v) is 12.6. The van der Waals surface area contributed by atoms with Crippen LogP contribution in [-0.2, 0) is 9.22 Å². The molecule has 0 fully saturated rings. The molecule has 1 unspecified atom stereocenters. The number of hydrogen-bond acceptors (Lipinski definition) is 2. The van der Waals surface area contributed by atoms with Crippen molar-refractivity contribution in [2.75, 3.05) is 0 Å². The lowest BCUT2D eigenvalue weighted by Crippen LogP contribution is -2.43. The van der Waals surface area contributed by atoms with Crippen LogP contribution in [0.4, 0.5) is 0 Å². The smallest absolute Gasteiger partial charge is 0.188 e. The highest BCUT2D eigenvalue weighted by Gasteiger charge is 2.33. The van der Waals surface area contributed by atoms with Gasteiger partial charge in [0, 0.05) is 0 Å². The van der Waals surface area contributed by atoms with Gasteiger partial charge in [-0.25, -0.2) is 0 Å². The predicted molar refractivity (Wildman–Crippen MR) is 72.3 cm³/mol. The monoisotopic (exact) mass is 244 g/mol. The minimum Gasteiger partial charge on any atom is -0.405 e. The van der Waals surface area contributed by atoms with Crippen LogP contribution in [0.3, 0.4) is 0 Å². The van der Waals surface area contributed by atoms with Gasteiger partial charge in [-0.2, -0.15) is 0 Å². The zero-order chi connectivity index (χ0) is 12.7. The van der Waals surface area contributed by atoms with Crippen LogP contribution in [0.1, 0.15) is 52.9 Å². The van der Waals surface area contributed by atoms with Crippen molar-refractivity contribution in [3.8, 4) is 0 Å². The fraction of sp³-hybridized carbons (Fsp3) is 0.923. The molecule has 0 radical (unpaired) electrons. The normalized spacial score (nSPS) is 15.8. The van der Waals surface area contributed by atoms with Crippen molar-refractivity contribution in [1.82, 2.24) is 0 Å². The van der Waals surface area contributed by atoms with Gasteiger partial charge in [-0.3, -0.25) is 0 Å². The second-order valence-corrected chi connectivity index (χ2v) is 9.72. The Bertz CT molecular complexity index is 204. The van der Waals surface area contributed by atoms with Crippen LogP contribution in [0.2, 0.25) is 19.1 Å². The maximum Gasteiger partial charge on any atom is 0.188 e. The van der Waals surface area contributed by atoms with Gasteiger partial charge in [0.15, 0.2) is 8.32 Å². The number of carbonyl (C=O) groups is 1.